The van der Waals surface area contributed by atoms with Gasteiger partial charge in [-0.25, -0.2) is 9.59 Å². The number of nitrogens with one attached hydrogen (secondary N) is 2. The summed E-state index contributed by atoms with van der Waals surface area (Å²) in [5.41, 5.74) is 0. The first-order chi connectivity index (χ1) is 8.32. The average molecular weight is 259 g/mol. The molecule has 3 N–H and O–H groups in total. The maximum atomic E-state index is 11.5. The lowest BCUT2D eigenvalue weighted by atomic mass is 10.0. The van der Waals surface area contributed by atoms with Crippen molar-refractivity contribution < 1.29 is 14.7 Å². The molecule has 0 aromatic carbocycles. The Morgan fingerprint density at radius 3 is 2.33 bits per heavy atom. The molecule has 0 bridgehead atoms. The Bertz CT molecular complexity index is 267. The van der Waals surface area contributed by atoms with Crippen LogP contribution in [-0.2, 0) is 4.79 Å². The summed E-state index contributed by atoms with van der Waals surface area (Å²) < 4.78 is 0. The molecule has 6 nitrogen and oxygen atoms in total. The summed E-state index contributed by atoms with van der Waals surface area (Å²) in [5.74, 6) is -0.771. The number of carboxylic acids is 1. The Morgan fingerprint density at radius 2 is 1.89 bits per heavy atom. The van der Waals surface area contributed by atoms with Crippen LogP contribution in [0.25, 0.3) is 0 Å². The summed E-state index contributed by atoms with van der Waals surface area (Å²) >= 11 is 0. The number of carboxylic acid groups (broad SMARTS) is 1. The van der Waals surface area contributed by atoms with E-state index in [2.05, 4.69) is 10.6 Å². The Balaban J connectivity index is 3.92. The van der Waals surface area contributed by atoms with Crippen molar-refractivity contribution in [2.24, 2.45) is 5.92 Å². The quantitative estimate of drug-likeness (QED) is 0.561. The maximum Gasteiger partial charge on any atom is 0.326 e. The fraction of sp³-hybridized carbons (Fsp3) is 0.833. The first-order valence-corrected chi connectivity index (χ1v) is 6.24. The number of urea groups is 1. The minimum Gasteiger partial charge on any atom is -0.480 e. The molecule has 0 saturated heterocycles. The molecule has 0 rings (SSSR count). The van der Waals surface area contributed by atoms with E-state index in [1.54, 1.807) is 0 Å². The zero-order valence-electron chi connectivity index (χ0n) is 11.7. The van der Waals surface area contributed by atoms with Crippen LogP contribution in [0, 0.1) is 5.92 Å². The third kappa shape index (κ3) is 8.81. The van der Waals surface area contributed by atoms with Gasteiger partial charge in [0.2, 0.25) is 0 Å². The van der Waals surface area contributed by atoms with Crippen molar-refractivity contribution in [1.29, 1.82) is 0 Å². The average Bonchev–Trinajstić information content (AvgIpc) is 2.22. The van der Waals surface area contributed by atoms with E-state index >= 15 is 0 Å². The van der Waals surface area contributed by atoms with Crippen LogP contribution < -0.4 is 10.6 Å². The van der Waals surface area contributed by atoms with E-state index in [4.69, 9.17) is 5.11 Å². The summed E-state index contributed by atoms with van der Waals surface area (Å²) in [6.45, 7) is 5.27. The van der Waals surface area contributed by atoms with Crippen LogP contribution in [0.1, 0.15) is 26.7 Å². The van der Waals surface area contributed by atoms with Crippen LogP contribution >= 0.6 is 0 Å². The summed E-state index contributed by atoms with van der Waals surface area (Å²) in [5, 5.41) is 14.1. The molecule has 0 unspecified atom stereocenters. The van der Waals surface area contributed by atoms with Crippen LogP contribution in [-0.4, -0.2) is 55.2 Å². The number of carbonyl (C=O) groups excluding carboxylic acids is 1. The van der Waals surface area contributed by atoms with Gasteiger partial charge in [0.05, 0.1) is 0 Å². The highest BCUT2D eigenvalue weighted by Gasteiger charge is 2.20. The van der Waals surface area contributed by atoms with Gasteiger partial charge in [0, 0.05) is 6.54 Å². The van der Waals surface area contributed by atoms with Gasteiger partial charge >= 0.3 is 12.0 Å². The van der Waals surface area contributed by atoms with Crippen molar-refractivity contribution >= 4 is 12.0 Å². The van der Waals surface area contributed by atoms with Crippen molar-refractivity contribution in [3.8, 4) is 0 Å². The molecule has 106 valence electrons. The zero-order chi connectivity index (χ0) is 14.1. The SMILES string of the molecule is CC(C)C[C@H](NC(=O)NCCCN(C)C)C(=O)O. The van der Waals surface area contributed by atoms with Crippen LogP contribution in [0.3, 0.4) is 0 Å². The lowest BCUT2D eigenvalue weighted by Gasteiger charge is -2.17. The normalized spacial score (nSPS) is 12.6. The van der Waals surface area contributed by atoms with Crippen molar-refractivity contribution in [2.45, 2.75) is 32.7 Å². The van der Waals surface area contributed by atoms with E-state index < -0.39 is 18.0 Å². The number of rotatable bonds is 8. The van der Waals surface area contributed by atoms with Crippen molar-refractivity contribution in [1.82, 2.24) is 15.5 Å². The van der Waals surface area contributed by atoms with Crippen LogP contribution in [0.5, 0.6) is 0 Å². The first kappa shape index (κ1) is 16.7. The molecule has 0 aromatic rings. The van der Waals surface area contributed by atoms with E-state index in [-0.39, 0.29) is 5.92 Å². The fourth-order valence-electron chi connectivity index (χ4n) is 1.50. The molecule has 6 heteroatoms. The van der Waals surface area contributed by atoms with Crippen molar-refractivity contribution in [3.05, 3.63) is 0 Å². The number of hydrogen-bond acceptors (Lipinski definition) is 3. The lowest BCUT2D eigenvalue weighted by molar-refractivity contribution is -0.139. The minimum absolute atomic E-state index is 0.222. The molecule has 0 fully saturated rings. The number of carbonyl (C=O) groups is 2. The van der Waals surface area contributed by atoms with E-state index in [0.717, 1.165) is 13.0 Å². The van der Waals surface area contributed by atoms with E-state index in [1.165, 1.54) is 0 Å². The second kappa shape index (κ2) is 8.74. The maximum absolute atomic E-state index is 11.5. The van der Waals surface area contributed by atoms with Gasteiger partial charge in [-0.2, -0.15) is 0 Å². The highest BCUT2D eigenvalue weighted by molar-refractivity contribution is 5.82. The second-order valence-corrected chi connectivity index (χ2v) is 5.08. The molecular formula is C12H25N3O3. The fourth-order valence-corrected chi connectivity index (χ4v) is 1.50. The van der Waals surface area contributed by atoms with Gasteiger partial charge in [0.25, 0.3) is 0 Å². The van der Waals surface area contributed by atoms with Gasteiger partial charge < -0.3 is 20.6 Å². The third-order valence-corrected chi connectivity index (χ3v) is 2.38. The van der Waals surface area contributed by atoms with Crippen LogP contribution in [0.2, 0.25) is 0 Å². The summed E-state index contributed by atoms with van der Waals surface area (Å²) in [6.07, 6.45) is 1.27. The second-order valence-electron chi connectivity index (χ2n) is 5.08. The Morgan fingerprint density at radius 1 is 1.28 bits per heavy atom. The number of nitrogens with zero attached hydrogens (tertiary/aromatic N) is 1. The summed E-state index contributed by atoms with van der Waals surface area (Å²) in [4.78, 5) is 24.5. The van der Waals surface area contributed by atoms with Crippen molar-refractivity contribution in [3.63, 3.8) is 0 Å². The van der Waals surface area contributed by atoms with Gasteiger partial charge in [0.15, 0.2) is 0 Å². The number of amides is 2. The van der Waals surface area contributed by atoms with Crippen LogP contribution in [0.4, 0.5) is 4.79 Å². The minimum atomic E-state index is -0.993. The molecule has 0 aliphatic heterocycles. The molecule has 0 saturated carbocycles. The third-order valence-electron chi connectivity index (χ3n) is 2.38. The molecule has 0 heterocycles. The molecule has 0 spiro atoms. The monoisotopic (exact) mass is 259 g/mol. The Kier molecular flexibility index (Phi) is 8.11. The molecule has 18 heavy (non-hydrogen) atoms. The van der Waals surface area contributed by atoms with Crippen LogP contribution in [0.15, 0.2) is 0 Å². The van der Waals surface area contributed by atoms with Crippen molar-refractivity contribution in [2.75, 3.05) is 27.2 Å². The molecule has 0 aliphatic rings. The zero-order valence-corrected chi connectivity index (χ0v) is 11.7. The smallest absolute Gasteiger partial charge is 0.326 e. The molecule has 0 radical (unpaired) electrons. The Hall–Kier alpha value is -1.30. The Labute approximate surface area is 109 Å². The van der Waals surface area contributed by atoms with Gasteiger partial charge in [-0.1, -0.05) is 13.8 Å². The van der Waals surface area contributed by atoms with Gasteiger partial charge in [-0.3, -0.25) is 0 Å². The predicted molar refractivity (Wildman–Crippen MR) is 70.6 cm³/mol. The number of aliphatic carboxylic acids is 1. The number of hydrogen-bond donors (Lipinski definition) is 3. The highest BCUT2D eigenvalue weighted by Crippen LogP contribution is 2.04. The van der Waals surface area contributed by atoms with E-state index in [9.17, 15) is 9.59 Å². The van der Waals surface area contributed by atoms with Gasteiger partial charge in [-0.05, 0) is 39.4 Å². The molecular weight excluding hydrogens is 234 g/mol. The predicted octanol–water partition coefficient (Wildman–Crippen LogP) is 0.737. The molecule has 0 aromatic heterocycles. The van der Waals surface area contributed by atoms with E-state index in [1.807, 2.05) is 32.8 Å². The summed E-state index contributed by atoms with van der Waals surface area (Å²) in [6, 6.07) is -1.24. The topological polar surface area (TPSA) is 81.7 Å². The lowest BCUT2D eigenvalue weighted by Crippen LogP contribution is -2.47. The highest BCUT2D eigenvalue weighted by atomic mass is 16.4. The van der Waals surface area contributed by atoms with Gasteiger partial charge in [-0.15, -0.1) is 0 Å². The van der Waals surface area contributed by atoms with Gasteiger partial charge in [0.1, 0.15) is 6.04 Å². The van der Waals surface area contributed by atoms with E-state index in [0.29, 0.717) is 13.0 Å². The standard InChI is InChI=1S/C12H25N3O3/c1-9(2)8-10(11(16)17)14-12(18)13-6-5-7-15(3)4/h9-10H,5-8H2,1-4H3,(H,16,17)(H2,13,14,18)/t10-/m0/s1. The molecule has 1 atom stereocenters. The largest absolute Gasteiger partial charge is 0.480 e. The molecule has 2 amide bonds. The summed E-state index contributed by atoms with van der Waals surface area (Å²) in [7, 11) is 3.92. The molecule has 0 aliphatic carbocycles. The first-order valence-electron chi connectivity index (χ1n) is 6.24.